The largest absolute Gasteiger partial charge is 0.315 e. The Balaban J connectivity index is 3.20. The van der Waals surface area contributed by atoms with E-state index in [2.05, 4.69) is 38.0 Å². The molecule has 0 aromatic carbocycles. The lowest BCUT2D eigenvalue weighted by Crippen LogP contribution is -2.33. The van der Waals surface area contributed by atoms with Gasteiger partial charge in [0.1, 0.15) is 0 Å². The van der Waals surface area contributed by atoms with Crippen molar-refractivity contribution in [2.45, 2.75) is 27.2 Å². The summed E-state index contributed by atoms with van der Waals surface area (Å²) in [6, 6.07) is 0. The molecule has 0 heterocycles. The maximum absolute atomic E-state index is 3.81. The van der Waals surface area contributed by atoms with Crippen LogP contribution in [0.3, 0.4) is 0 Å². The van der Waals surface area contributed by atoms with Crippen molar-refractivity contribution >= 4 is 0 Å². The highest BCUT2D eigenvalue weighted by Crippen LogP contribution is 2.13. The Morgan fingerprint density at radius 1 is 1.15 bits per heavy atom. The third kappa shape index (κ3) is 8.00. The minimum absolute atomic E-state index is 0.213. The van der Waals surface area contributed by atoms with Crippen LogP contribution in [0.4, 0.5) is 0 Å². The third-order valence-corrected chi connectivity index (χ3v) is 2.04. The van der Waals surface area contributed by atoms with Gasteiger partial charge < -0.3 is 10.6 Å². The highest BCUT2D eigenvalue weighted by atomic mass is 14.9. The van der Waals surface area contributed by atoms with Crippen molar-refractivity contribution in [2.75, 3.05) is 26.2 Å². The van der Waals surface area contributed by atoms with Crippen molar-refractivity contribution in [2.24, 2.45) is 5.41 Å². The average Bonchev–Trinajstić information content (AvgIpc) is 2.11. The van der Waals surface area contributed by atoms with Crippen LogP contribution in [0.25, 0.3) is 0 Å². The molecule has 13 heavy (non-hydrogen) atoms. The van der Waals surface area contributed by atoms with Crippen LogP contribution < -0.4 is 10.6 Å². The van der Waals surface area contributed by atoms with Crippen LogP contribution >= 0.6 is 0 Å². The standard InChI is InChI=1S/C11H24N2/c1-5-7-12-8-9-13-10-11(3,4)6-2/h6,12-13H,2,5,7-10H2,1,3-4H3. The van der Waals surface area contributed by atoms with Crippen LogP contribution in [0.15, 0.2) is 12.7 Å². The molecule has 78 valence electrons. The Hall–Kier alpha value is -0.340. The molecule has 0 atom stereocenters. The van der Waals surface area contributed by atoms with Crippen LogP contribution in [0.2, 0.25) is 0 Å². The van der Waals surface area contributed by atoms with Crippen molar-refractivity contribution in [3.63, 3.8) is 0 Å². The van der Waals surface area contributed by atoms with Gasteiger partial charge in [0, 0.05) is 19.6 Å². The van der Waals surface area contributed by atoms with E-state index in [1.165, 1.54) is 6.42 Å². The first-order chi connectivity index (χ1) is 6.12. The van der Waals surface area contributed by atoms with Crippen molar-refractivity contribution in [3.05, 3.63) is 12.7 Å². The molecule has 0 bridgehead atoms. The molecule has 0 rings (SSSR count). The van der Waals surface area contributed by atoms with Gasteiger partial charge in [0.05, 0.1) is 0 Å². The van der Waals surface area contributed by atoms with Gasteiger partial charge in [-0.2, -0.15) is 0 Å². The number of hydrogen-bond donors (Lipinski definition) is 2. The van der Waals surface area contributed by atoms with Crippen LogP contribution in [-0.2, 0) is 0 Å². The molecule has 2 N–H and O–H groups in total. The van der Waals surface area contributed by atoms with Crippen molar-refractivity contribution in [3.8, 4) is 0 Å². The molecule has 0 fully saturated rings. The van der Waals surface area contributed by atoms with Gasteiger partial charge in [-0.3, -0.25) is 0 Å². The summed E-state index contributed by atoms with van der Waals surface area (Å²) in [5.41, 5.74) is 0.213. The smallest absolute Gasteiger partial charge is 0.00770 e. The van der Waals surface area contributed by atoms with E-state index >= 15 is 0 Å². The lowest BCUT2D eigenvalue weighted by molar-refractivity contribution is 0.432. The molecular weight excluding hydrogens is 160 g/mol. The molecule has 0 aromatic rings. The highest BCUT2D eigenvalue weighted by Gasteiger charge is 2.10. The summed E-state index contributed by atoms with van der Waals surface area (Å²) < 4.78 is 0. The molecule has 0 spiro atoms. The van der Waals surface area contributed by atoms with E-state index < -0.39 is 0 Å². The van der Waals surface area contributed by atoms with Crippen molar-refractivity contribution < 1.29 is 0 Å². The molecule has 0 aliphatic carbocycles. The van der Waals surface area contributed by atoms with E-state index in [1.807, 2.05) is 6.08 Å². The molecule has 0 radical (unpaired) electrons. The second kappa shape index (κ2) is 7.10. The van der Waals surface area contributed by atoms with Crippen molar-refractivity contribution in [1.29, 1.82) is 0 Å². The van der Waals surface area contributed by atoms with Gasteiger partial charge in [-0.05, 0) is 18.4 Å². The maximum atomic E-state index is 3.81. The Bertz CT molecular complexity index is 130. The zero-order chi connectivity index (χ0) is 10.2. The summed E-state index contributed by atoms with van der Waals surface area (Å²) in [4.78, 5) is 0. The van der Waals surface area contributed by atoms with Crippen LogP contribution in [-0.4, -0.2) is 26.2 Å². The van der Waals surface area contributed by atoms with E-state index in [9.17, 15) is 0 Å². The summed E-state index contributed by atoms with van der Waals surface area (Å²) in [6.07, 6.45) is 3.21. The summed E-state index contributed by atoms with van der Waals surface area (Å²) >= 11 is 0. The first kappa shape index (κ1) is 12.7. The summed E-state index contributed by atoms with van der Waals surface area (Å²) in [6.45, 7) is 14.6. The van der Waals surface area contributed by atoms with Gasteiger partial charge >= 0.3 is 0 Å². The highest BCUT2D eigenvalue weighted by molar-refractivity contribution is 4.89. The minimum Gasteiger partial charge on any atom is -0.315 e. The van der Waals surface area contributed by atoms with Crippen LogP contribution in [0.5, 0.6) is 0 Å². The number of nitrogens with one attached hydrogen (secondary N) is 2. The number of hydrogen-bond acceptors (Lipinski definition) is 2. The summed E-state index contributed by atoms with van der Waals surface area (Å²) in [5, 5.41) is 6.75. The van der Waals surface area contributed by atoms with Gasteiger partial charge in [-0.25, -0.2) is 0 Å². The Labute approximate surface area is 82.8 Å². The zero-order valence-corrected chi connectivity index (χ0v) is 9.32. The lowest BCUT2D eigenvalue weighted by atomic mass is 9.94. The van der Waals surface area contributed by atoms with Gasteiger partial charge in [-0.1, -0.05) is 26.8 Å². The molecule has 0 saturated carbocycles. The predicted molar refractivity (Wildman–Crippen MR) is 60.0 cm³/mol. The first-order valence-corrected chi connectivity index (χ1v) is 5.17. The molecule has 0 aliphatic heterocycles. The monoisotopic (exact) mass is 184 g/mol. The van der Waals surface area contributed by atoms with E-state index in [4.69, 9.17) is 0 Å². The number of rotatable bonds is 8. The fourth-order valence-corrected chi connectivity index (χ4v) is 0.961. The molecule has 2 nitrogen and oxygen atoms in total. The van der Waals surface area contributed by atoms with E-state index in [-0.39, 0.29) is 5.41 Å². The van der Waals surface area contributed by atoms with Crippen LogP contribution in [0.1, 0.15) is 27.2 Å². The topological polar surface area (TPSA) is 24.1 Å². The molecule has 0 amide bonds. The third-order valence-electron chi connectivity index (χ3n) is 2.04. The molecule has 0 aliphatic rings. The summed E-state index contributed by atoms with van der Waals surface area (Å²) in [7, 11) is 0. The minimum atomic E-state index is 0.213. The van der Waals surface area contributed by atoms with Gasteiger partial charge in [0.2, 0.25) is 0 Å². The fourth-order valence-electron chi connectivity index (χ4n) is 0.961. The maximum Gasteiger partial charge on any atom is 0.00770 e. The second-order valence-electron chi connectivity index (χ2n) is 4.12. The summed E-state index contributed by atoms with van der Waals surface area (Å²) in [5.74, 6) is 0. The fraction of sp³-hybridized carbons (Fsp3) is 0.818. The van der Waals surface area contributed by atoms with E-state index in [0.717, 1.165) is 26.2 Å². The van der Waals surface area contributed by atoms with Gasteiger partial charge in [0.25, 0.3) is 0 Å². The Morgan fingerprint density at radius 3 is 2.31 bits per heavy atom. The Morgan fingerprint density at radius 2 is 1.77 bits per heavy atom. The Kier molecular flexibility index (Phi) is 6.92. The first-order valence-electron chi connectivity index (χ1n) is 5.17. The quantitative estimate of drug-likeness (QED) is 0.444. The van der Waals surface area contributed by atoms with Gasteiger partial charge in [-0.15, -0.1) is 6.58 Å². The van der Waals surface area contributed by atoms with Crippen LogP contribution in [0, 0.1) is 5.41 Å². The van der Waals surface area contributed by atoms with E-state index in [1.54, 1.807) is 0 Å². The predicted octanol–water partition coefficient (Wildman–Crippen LogP) is 1.79. The lowest BCUT2D eigenvalue weighted by Gasteiger charge is -2.20. The van der Waals surface area contributed by atoms with E-state index in [0.29, 0.717) is 0 Å². The average molecular weight is 184 g/mol. The molecule has 0 saturated heterocycles. The normalized spacial score (nSPS) is 11.6. The SMILES string of the molecule is C=CC(C)(C)CNCCNCCC. The second-order valence-corrected chi connectivity index (χ2v) is 4.12. The van der Waals surface area contributed by atoms with Gasteiger partial charge in [0.15, 0.2) is 0 Å². The molecule has 0 aromatic heterocycles. The zero-order valence-electron chi connectivity index (χ0n) is 9.32. The molecule has 0 unspecified atom stereocenters. The molecular formula is C11H24N2. The molecule has 2 heteroatoms. The van der Waals surface area contributed by atoms with Crippen molar-refractivity contribution in [1.82, 2.24) is 10.6 Å².